The van der Waals surface area contributed by atoms with E-state index in [9.17, 15) is 14.4 Å². The van der Waals surface area contributed by atoms with Crippen LogP contribution in [0.5, 0.6) is 0 Å². The van der Waals surface area contributed by atoms with E-state index in [4.69, 9.17) is 9.47 Å². The van der Waals surface area contributed by atoms with E-state index in [-0.39, 0.29) is 12.1 Å². The largest absolute Gasteiger partial charge is 0.463 e. The zero-order valence-corrected chi connectivity index (χ0v) is 15.6. The van der Waals surface area contributed by atoms with Gasteiger partial charge in [-0.05, 0) is 37.6 Å². The first kappa shape index (κ1) is 20.3. The standard InChI is InChI=1S/C19H25N3O5/c1-3-26-17(23)10-7-15-5-8-16(9-6-15)20-18(24)21-11-13-22(14-12-21)19(25)27-4-2/h5-10H,3-4,11-14H2,1-2H3,(H,20,24)/b10-7-. The SMILES string of the molecule is CCOC(=O)/C=C\c1ccc(NC(=O)N2CCN(C(=O)OCC)CC2)cc1. The Morgan fingerprint density at radius 1 is 0.963 bits per heavy atom. The molecule has 0 atom stereocenters. The number of nitrogens with zero attached hydrogens (tertiary/aromatic N) is 2. The van der Waals surface area contributed by atoms with Gasteiger partial charge in [0.15, 0.2) is 0 Å². The van der Waals surface area contributed by atoms with Crippen LogP contribution < -0.4 is 5.32 Å². The van der Waals surface area contributed by atoms with Crippen LogP contribution in [-0.2, 0) is 14.3 Å². The van der Waals surface area contributed by atoms with Crippen molar-refractivity contribution in [2.24, 2.45) is 0 Å². The molecule has 1 aromatic carbocycles. The highest BCUT2D eigenvalue weighted by atomic mass is 16.6. The lowest BCUT2D eigenvalue weighted by molar-refractivity contribution is -0.137. The van der Waals surface area contributed by atoms with Gasteiger partial charge in [0.2, 0.25) is 0 Å². The summed E-state index contributed by atoms with van der Waals surface area (Å²) in [6.45, 7) is 5.98. The van der Waals surface area contributed by atoms with Gasteiger partial charge in [-0.15, -0.1) is 0 Å². The van der Waals surface area contributed by atoms with E-state index in [0.717, 1.165) is 5.56 Å². The van der Waals surface area contributed by atoms with E-state index in [0.29, 0.717) is 45.1 Å². The van der Waals surface area contributed by atoms with Crippen molar-refractivity contribution in [1.29, 1.82) is 0 Å². The summed E-state index contributed by atoms with van der Waals surface area (Å²) in [5.41, 5.74) is 1.48. The van der Waals surface area contributed by atoms with Crippen molar-refractivity contribution in [3.05, 3.63) is 35.9 Å². The fourth-order valence-corrected chi connectivity index (χ4v) is 2.54. The summed E-state index contributed by atoms with van der Waals surface area (Å²) in [4.78, 5) is 38.6. The Kier molecular flexibility index (Phi) is 7.66. The molecule has 1 aliphatic heterocycles. The van der Waals surface area contributed by atoms with Gasteiger partial charge in [-0.2, -0.15) is 0 Å². The number of carbonyl (C=O) groups is 3. The first-order valence-electron chi connectivity index (χ1n) is 8.96. The number of benzene rings is 1. The number of amides is 3. The Bertz CT molecular complexity index is 679. The van der Waals surface area contributed by atoms with Crippen molar-refractivity contribution in [2.75, 3.05) is 44.7 Å². The minimum atomic E-state index is -0.392. The molecule has 1 fully saturated rings. The van der Waals surface area contributed by atoms with E-state index in [1.807, 2.05) is 0 Å². The van der Waals surface area contributed by atoms with Gasteiger partial charge >= 0.3 is 18.1 Å². The minimum Gasteiger partial charge on any atom is -0.463 e. The average Bonchev–Trinajstić information content (AvgIpc) is 2.68. The van der Waals surface area contributed by atoms with E-state index < -0.39 is 5.97 Å². The fraction of sp³-hybridized carbons (Fsp3) is 0.421. The van der Waals surface area contributed by atoms with Gasteiger partial charge in [0, 0.05) is 37.9 Å². The second-order valence-corrected chi connectivity index (χ2v) is 5.81. The van der Waals surface area contributed by atoms with Gasteiger partial charge in [0.25, 0.3) is 0 Å². The van der Waals surface area contributed by atoms with Gasteiger partial charge in [-0.1, -0.05) is 12.1 Å². The molecule has 8 nitrogen and oxygen atoms in total. The number of nitrogens with one attached hydrogen (secondary N) is 1. The van der Waals surface area contributed by atoms with Crippen LogP contribution in [0.25, 0.3) is 6.08 Å². The summed E-state index contributed by atoms with van der Waals surface area (Å²) >= 11 is 0. The van der Waals surface area contributed by atoms with Crippen LogP contribution in [0.4, 0.5) is 15.3 Å². The highest BCUT2D eigenvalue weighted by molar-refractivity contribution is 5.90. The smallest absolute Gasteiger partial charge is 0.409 e. The zero-order valence-electron chi connectivity index (χ0n) is 15.6. The molecule has 0 bridgehead atoms. The summed E-state index contributed by atoms with van der Waals surface area (Å²) in [5.74, 6) is -0.392. The monoisotopic (exact) mass is 375 g/mol. The van der Waals surface area contributed by atoms with E-state index in [1.165, 1.54) is 6.08 Å². The van der Waals surface area contributed by atoms with Crippen LogP contribution in [-0.4, -0.2) is 67.3 Å². The van der Waals surface area contributed by atoms with E-state index in [2.05, 4.69) is 5.32 Å². The Morgan fingerprint density at radius 3 is 2.15 bits per heavy atom. The summed E-state index contributed by atoms with van der Waals surface area (Å²) in [6, 6.07) is 6.90. The predicted octanol–water partition coefficient (Wildman–Crippen LogP) is 2.57. The number of hydrogen-bond donors (Lipinski definition) is 1. The van der Waals surface area contributed by atoms with Crippen molar-refractivity contribution < 1.29 is 23.9 Å². The lowest BCUT2D eigenvalue weighted by atomic mass is 10.2. The zero-order chi connectivity index (χ0) is 19.6. The second-order valence-electron chi connectivity index (χ2n) is 5.81. The molecule has 8 heteroatoms. The minimum absolute atomic E-state index is 0.215. The normalized spacial score (nSPS) is 14.1. The molecule has 1 aliphatic rings. The Hall–Kier alpha value is -3.03. The first-order valence-corrected chi connectivity index (χ1v) is 8.96. The number of carbonyl (C=O) groups excluding carboxylic acids is 3. The van der Waals surface area contributed by atoms with Crippen LogP contribution in [0.15, 0.2) is 30.3 Å². The predicted molar refractivity (Wildman–Crippen MR) is 101 cm³/mol. The summed E-state index contributed by atoms with van der Waals surface area (Å²) in [7, 11) is 0. The third kappa shape index (κ3) is 6.32. The van der Waals surface area contributed by atoms with Crippen LogP contribution >= 0.6 is 0 Å². The number of ether oxygens (including phenoxy) is 2. The number of rotatable bonds is 5. The van der Waals surface area contributed by atoms with Crippen molar-refractivity contribution in [3.8, 4) is 0 Å². The number of hydrogen-bond acceptors (Lipinski definition) is 5. The molecule has 27 heavy (non-hydrogen) atoms. The molecule has 0 aromatic heterocycles. The molecule has 0 radical (unpaired) electrons. The molecular weight excluding hydrogens is 350 g/mol. The molecule has 1 saturated heterocycles. The molecule has 146 valence electrons. The fourth-order valence-electron chi connectivity index (χ4n) is 2.54. The topological polar surface area (TPSA) is 88.2 Å². The number of anilines is 1. The molecular formula is C19H25N3O5. The quantitative estimate of drug-likeness (QED) is 0.631. The van der Waals surface area contributed by atoms with Gasteiger partial charge in [-0.3, -0.25) is 0 Å². The van der Waals surface area contributed by atoms with Crippen molar-refractivity contribution in [3.63, 3.8) is 0 Å². The first-order chi connectivity index (χ1) is 13.0. The summed E-state index contributed by atoms with van der Waals surface area (Å²) < 4.78 is 9.79. The van der Waals surface area contributed by atoms with Crippen LogP contribution in [0.2, 0.25) is 0 Å². The van der Waals surface area contributed by atoms with Gasteiger partial charge < -0.3 is 24.6 Å². The highest BCUT2D eigenvalue weighted by Gasteiger charge is 2.24. The van der Waals surface area contributed by atoms with Gasteiger partial charge in [0.1, 0.15) is 0 Å². The molecule has 0 aliphatic carbocycles. The third-order valence-electron chi connectivity index (χ3n) is 3.95. The maximum absolute atomic E-state index is 12.3. The van der Waals surface area contributed by atoms with Gasteiger partial charge in [0.05, 0.1) is 13.2 Å². The van der Waals surface area contributed by atoms with Crippen LogP contribution in [0.1, 0.15) is 19.4 Å². The van der Waals surface area contributed by atoms with Gasteiger partial charge in [-0.25, -0.2) is 14.4 Å². The lowest BCUT2D eigenvalue weighted by Gasteiger charge is -2.34. The third-order valence-corrected chi connectivity index (χ3v) is 3.95. The molecule has 1 heterocycles. The van der Waals surface area contributed by atoms with Crippen LogP contribution in [0, 0.1) is 0 Å². The molecule has 0 unspecified atom stereocenters. The molecule has 1 aromatic rings. The summed E-state index contributed by atoms with van der Waals surface area (Å²) in [6.07, 6.45) is 2.67. The lowest BCUT2D eigenvalue weighted by Crippen LogP contribution is -2.51. The molecule has 3 amide bonds. The number of urea groups is 1. The van der Waals surface area contributed by atoms with Crippen molar-refractivity contribution >= 4 is 29.9 Å². The molecule has 0 saturated carbocycles. The number of piperazine rings is 1. The molecule has 0 spiro atoms. The average molecular weight is 375 g/mol. The summed E-state index contributed by atoms with van der Waals surface area (Å²) in [5, 5.41) is 2.83. The molecule has 2 rings (SSSR count). The number of esters is 1. The van der Waals surface area contributed by atoms with Crippen molar-refractivity contribution in [2.45, 2.75) is 13.8 Å². The van der Waals surface area contributed by atoms with E-state index >= 15 is 0 Å². The maximum atomic E-state index is 12.3. The Labute approximate surface area is 158 Å². The van der Waals surface area contributed by atoms with E-state index in [1.54, 1.807) is 54.0 Å². The maximum Gasteiger partial charge on any atom is 0.409 e. The molecule has 1 N–H and O–H groups in total. The van der Waals surface area contributed by atoms with Crippen LogP contribution in [0.3, 0.4) is 0 Å². The Balaban J connectivity index is 1.82. The Morgan fingerprint density at radius 2 is 1.56 bits per heavy atom. The highest BCUT2D eigenvalue weighted by Crippen LogP contribution is 2.13. The second kappa shape index (κ2) is 10.2. The van der Waals surface area contributed by atoms with Crippen molar-refractivity contribution in [1.82, 2.24) is 9.80 Å².